The summed E-state index contributed by atoms with van der Waals surface area (Å²) in [5.41, 5.74) is 1.45. The molecule has 0 bridgehead atoms. The third-order valence-corrected chi connectivity index (χ3v) is 7.01. The van der Waals surface area contributed by atoms with Gasteiger partial charge in [0.1, 0.15) is 6.54 Å². The minimum atomic E-state index is -4.05. The van der Waals surface area contributed by atoms with Gasteiger partial charge >= 0.3 is 0 Å². The second-order valence-electron chi connectivity index (χ2n) is 6.82. The van der Waals surface area contributed by atoms with Gasteiger partial charge in [-0.2, -0.15) is 0 Å². The normalized spacial score (nSPS) is 11.0. The van der Waals surface area contributed by atoms with Crippen molar-refractivity contribution < 1.29 is 22.7 Å². The van der Waals surface area contributed by atoms with Crippen LogP contribution < -0.4 is 19.1 Å². The van der Waals surface area contributed by atoms with Crippen LogP contribution in [0.4, 0.5) is 11.4 Å². The molecule has 1 amide bonds. The molecule has 0 saturated heterocycles. The molecule has 0 aromatic heterocycles. The number of carbonyl (C=O) groups is 1. The van der Waals surface area contributed by atoms with Gasteiger partial charge in [-0.1, -0.05) is 35.9 Å². The molecule has 3 rings (SSSR count). The third-order valence-electron chi connectivity index (χ3n) is 4.82. The lowest BCUT2D eigenvalue weighted by Crippen LogP contribution is -2.38. The zero-order valence-corrected chi connectivity index (χ0v) is 19.4. The Morgan fingerprint density at radius 3 is 2.31 bits per heavy atom. The number of benzene rings is 3. The standard InChI is InChI=1S/C23H23ClN2O5S/c1-16-19(24)10-7-11-20(16)25-23(27)15-26(32(28,29)18-8-5-4-6-9-18)17-12-13-21(30-2)22(14-17)31-3/h4-14H,15H2,1-3H3,(H,25,27). The number of anilines is 2. The number of halogens is 1. The number of methoxy groups -OCH3 is 2. The third kappa shape index (κ3) is 4.98. The second kappa shape index (κ2) is 9.93. The first kappa shape index (κ1) is 23.4. The van der Waals surface area contributed by atoms with Crippen molar-refractivity contribution in [2.24, 2.45) is 0 Å². The van der Waals surface area contributed by atoms with Crippen molar-refractivity contribution in [1.29, 1.82) is 0 Å². The van der Waals surface area contributed by atoms with Crippen LogP contribution in [0, 0.1) is 6.92 Å². The van der Waals surface area contributed by atoms with E-state index in [1.54, 1.807) is 55.5 Å². The number of ether oxygens (including phenoxy) is 2. The van der Waals surface area contributed by atoms with Crippen molar-refractivity contribution in [2.75, 3.05) is 30.4 Å². The largest absolute Gasteiger partial charge is 0.493 e. The first-order valence-corrected chi connectivity index (χ1v) is 11.4. The van der Waals surface area contributed by atoms with Crippen LogP contribution in [0.3, 0.4) is 0 Å². The molecule has 3 aromatic carbocycles. The monoisotopic (exact) mass is 474 g/mol. The van der Waals surface area contributed by atoms with Gasteiger partial charge in [0.2, 0.25) is 5.91 Å². The lowest BCUT2D eigenvalue weighted by atomic mass is 10.2. The summed E-state index contributed by atoms with van der Waals surface area (Å²) in [4.78, 5) is 13.0. The molecule has 0 aliphatic rings. The van der Waals surface area contributed by atoms with Gasteiger partial charge in [-0.3, -0.25) is 9.10 Å². The average Bonchev–Trinajstić information content (AvgIpc) is 2.80. The molecule has 9 heteroatoms. The van der Waals surface area contributed by atoms with Gasteiger partial charge in [0.05, 0.1) is 24.8 Å². The van der Waals surface area contributed by atoms with E-state index in [9.17, 15) is 13.2 Å². The van der Waals surface area contributed by atoms with Crippen molar-refractivity contribution in [3.05, 3.63) is 77.3 Å². The van der Waals surface area contributed by atoms with Gasteiger partial charge in [-0.25, -0.2) is 8.42 Å². The molecule has 0 aliphatic carbocycles. The van der Waals surface area contributed by atoms with Crippen molar-refractivity contribution >= 4 is 38.9 Å². The Morgan fingerprint density at radius 2 is 1.66 bits per heavy atom. The summed E-state index contributed by atoms with van der Waals surface area (Å²) in [5.74, 6) is 0.251. The minimum Gasteiger partial charge on any atom is -0.493 e. The first-order chi connectivity index (χ1) is 15.3. The zero-order valence-electron chi connectivity index (χ0n) is 17.8. The summed E-state index contributed by atoms with van der Waals surface area (Å²) < 4.78 is 38.5. The van der Waals surface area contributed by atoms with Gasteiger partial charge in [0.15, 0.2) is 11.5 Å². The predicted molar refractivity (Wildman–Crippen MR) is 125 cm³/mol. The minimum absolute atomic E-state index is 0.0570. The van der Waals surface area contributed by atoms with E-state index < -0.39 is 22.5 Å². The predicted octanol–water partition coefficient (Wildman–Crippen LogP) is 4.50. The van der Waals surface area contributed by atoms with Gasteiger partial charge in [0, 0.05) is 16.8 Å². The second-order valence-corrected chi connectivity index (χ2v) is 9.09. The molecule has 32 heavy (non-hydrogen) atoms. The Balaban J connectivity index is 2.01. The van der Waals surface area contributed by atoms with Crippen molar-refractivity contribution in [3.63, 3.8) is 0 Å². The van der Waals surface area contributed by atoms with Crippen LogP contribution >= 0.6 is 11.6 Å². The SMILES string of the molecule is COc1ccc(N(CC(=O)Nc2cccc(Cl)c2C)S(=O)(=O)c2ccccc2)cc1OC. The van der Waals surface area contributed by atoms with E-state index in [2.05, 4.69) is 5.32 Å². The number of hydrogen-bond donors (Lipinski definition) is 1. The highest BCUT2D eigenvalue weighted by Crippen LogP contribution is 2.34. The molecule has 0 fully saturated rings. The fourth-order valence-electron chi connectivity index (χ4n) is 3.08. The average molecular weight is 475 g/mol. The highest BCUT2D eigenvalue weighted by Gasteiger charge is 2.28. The maximum Gasteiger partial charge on any atom is 0.264 e. The molecule has 0 atom stereocenters. The van der Waals surface area contributed by atoms with E-state index in [-0.39, 0.29) is 10.6 Å². The van der Waals surface area contributed by atoms with Crippen LogP contribution in [0.2, 0.25) is 5.02 Å². The maximum absolute atomic E-state index is 13.4. The number of carbonyl (C=O) groups excluding carboxylic acids is 1. The summed E-state index contributed by atoms with van der Waals surface area (Å²) >= 11 is 6.13. The smallest absolute Gasteiger partial charge is 0.264 e. The Kier molecular flexibility index (Phi) is 7.27. The van der Waals surface area contributed by atoms with E-state index in [0.717, 1.165) is 4.31 Å². The fraction of sp³-hybridized carbons (Fsp3) is 0.174. The number of hydrogen-bond acceptors (Lipinski definition) is 5. The molecular weight excluding hydrogens is 452 g/mol. The first-order valence-electron chi connectivity index (χ1n) is 9.62. The van der Waals surface area contributed by atoms with Crippen molar-refractivity contribution in [1.82, 2.24) is 0 Å². The van der Waals surface area contributed by atoms with E-state index in [4.69, 9.17) is 21.1 Å². The zero-order chi connectivity index (χ0) is 23.3. The molecule has 168 valence electrons. The number of nitrogens with one attached hydrogen (secondary N) is 1. The fourth-order valence-corrected chi connectivity index (χ4v) is 4.69. The van der Waals surface area contributed by atoms with Crippen molar-refractivity contribution in [2.45, 2.75) is 11.8 Å². The molecule has 0 radical (unpaired) electrons. The topological polar surface area (TPSA) is 84.9 Å². The Bertz CT molecular complexity index is 1220. The van der Waals surface area contributed by atoms with Crippen LogP contribution in [0.5, 0.6) is 11.5 Å². The van der Waals surface area contributed by atoms with Gasteiger partial charge in [-0.05, 0) is 48.9 Å². The van der Waals surface area contributed by atoms with Crippen molar-refractivity contribution in [3.8, 4) is 11.5 Å². The van der Waals surface area contributed by atoms with Gasteiger partial charge in [0.25, 0.3) is 10.0 Å². The molecule has 0 heterocycles. The van der Waals surface area contributed by atoms with E-state index >= 15 is 0 Å². The summed E-state index contributed by atoms with van der Waals surface area (Å²) in [5, 5.41) is 3.24. The van der Waals surface area contributed by atoms with Crippen LogP contribution in [0.15, 0.2) is 71.6 Å². The van der Waals surface area contributed by atoms with Gasteiger partial charge in [-0.15, -0.1) is 0 Å². The Morgan fingerprint density at radius 1 is 0.969 bits per heavy atom. The van der Waals surface area contributed by atoms with Crippen LogP contribution in [-0.4, -0.2) is 35.1 Å². The summed E-state index contributed by atoms with van der Waals surface area (Å²) in [6.07, 6.45) is 0. The van der Waals surface area contributed by atoms with E-state index in [1.165, 1.54) is 32.4 Å². The lowest BCUT2D eigenvalue weighted by molar-refractivity contribution is -0.114. The number of sulfonamides is 1. The summed E-state index contributed by atoms with van der Waals surface area (Å²) in [6, 6.07) is 17.7. The molecule has 1 N–H and O–H groups in total. The molecule has 0 aliphatic heterocycles. The quantitative estimate of drug-likeness (QED) is 0.519. The highest BCUT2D eigenvalue weighted by atomic mass is 35.5. The molecule has 3 aromatic rings. The van der Waals surface area contributed by atoms with Crippen LogP contribution in [0.25, 0.3) is 0 Å². The molecule has 7 nitrogen and oxygen atoms in total. The molecular formula is C23H23ClN2O5S. The highest BCUT2D eigenvalue weighted by molar-refractivity contribution is 7.92. The maximum atomic E-state index is 13.4. The number of amides is 1. The molecule has 0 unspecified atom stereocenters. The summed E-state index contributed by atoms with van der Waals surface area (Å²) in [6.45, 7) is 1.31. The lowest BCUT2D eigenvalue weighted by Gasteiger charge is -2.25. The summed E-state index contributed by atoms with van der Waals surface area (Å²) in [7, 11) is -1.12. The Hall–Kier alpha value is -3.23. The molecule has 0 saturated carbocycles. The van der Waals surface area contributed by atoms with Crippen LogP contribution in [0.1, 0.15) is 5.56 Å². The van der Waals surface area contributed by atoms with Crippen LogP contribution in [-0.2, 0) is 14.8 Å². The molecule has 0 spiro atoms. The van der Waals surface area contributed by atoms with E-state index in [1.807, 2.05) is 0 Å². The van der Waals surface area contributed by atoms with E-state index in [0.29, 0.717) is 27.8 Å². The number of nitrogens with zero attached hydrogens (tertiary/aromatic N) is 1. The number of rotatable bonds is 8. The van der Waals surface area contributed by atoms with Gasteiger partial charge < -0.3 is 14.8 Å². The Labute approximate surface area is 192 Å².